The Morgan fingerprint density at radius 3 is 1.56 bits per heavy atom. The Bertz CT molecular complexity index is 451. The van der Waals surface area contributed by atoms with E-state index in [1.165, 1.54) is 6.92 Å². The van der Waals surface area contributed by atoms with E-state index in [-0.39, 0.29) is 11.3 Å². The molecule has 0 heterocycles. The smallest absolute Gasteiger partial charge is 0.337 e. The van der Waals surface area contributed by atoms with Crippen LogP contribution in [-0.4, -0.2) is 16.9 Å². The summed E-state index contributed by atoms with van der Waals surface area (Å²) in [4.78, 5) is 22.7. The largest absolute Gasteiger partial charge is 0.478 e. The van der Waals surface area contributed by atoms with Gasteiger partial charge < -0.3 is 5.11 Å². The highest BCUT2D eigenvalue weighted by atomic mass is 127. The molecular weight excluding hydrogens is 664 g/mol. The van der Waals surface area contributed by atoms with Crippen LogP contribution >= 0.6 is 90.4 Å². The fourth-order valence-corrected chi connectivity index (χ4v) is 4.96. The topological polar surface area (TPSA) is 54.4 Å². The van der Waals surface area contributed by atoms with Gasteiger partial charge in [0.1, 0.15) is 0 Å². The minimum atomic E-state index is -1.05. The molecule has 1 N–H and O–H groups in total. The van der Waals surface area contributed by atoms with E-state index < -0.39 is 5.97 Å². The van der Waals surface area contributed by atoms with Gasteiger partial charge in [0, 0.05) is 19.8 Å². The molecule has 7 heteroatoms. The SMILES string of the molecule is CC(=O)c1c(I)c(I)c(I)c(I)c1C(=O)O. The molecule has 1 aromatic carbocycles. The van der Waals surface area contributed by atoms with Crippen LogP contribution in [0.25, 0.3) is 0 Å². The predicted octanol–water partition coefficient (Wildman–Crippen LogP) is 4.01. The average Bonchev–Trinajstić information content (AvgIpc) is 2.18. The number of carboxylic acids is 1. The molecule has 0 amide bonds. The third-order valence-electron chi connectivity index (χ3n) is 1.83. The van der Waals surface area contributed by atoms with Crippen LogP contribution in [0.5, 0.6) is 0 Å². The number of Topliss-reactive ketones (excluding diaryl/α,β-unsaturated/α-hetero) is 1. The molecule has 0 aromatic heterocycles. The van der Waals surface area contributed by atoms with Crippen molar-refractivity contribution in [1.82, 2.24) is 0 Å². The lowest BCUT2D eigenvalue weighted by molar-refractivity contribution is 0.0691. The summed E-state index contributed by atoms with van der Waals surface area (Å²) in [5.74, 6) is -1.27. The van der Waals surface area contributed by atoms with Gasteiger partial charge in [-0.3, -0.25) is 4.79 Å². The summed E-state index contributed by atoms with van der Waals surface area (Å²) >= 11 is 8.22. The Balaban J connectivity index is 3.83. The molecule has 86 valence electrons. The summed E-state index contributed by atoms with van der Waals surface area (Å²) in [6.07, 6.45) is 0. The molecule has 1 rings (SSSR count). The molecule has 0 atom stereocenters. The third kappa shape index (κ3) is 2.81. The molecule has 3 nitrogen and oxygen atoms in total. The summed E-state index contributed by atoms with van der Waals surface area (Å²) in [5.41, 5.74) is 0.421. The van der Waals surface area contributed by atoms with E-state index in [0.29, 0.717) is 12.7 Å². The monoisotopic (exact) mass is 668 g/mol. The van der Waals surface area contributed by atoms with Crippen molar-refractivity contribution >= 4 is 102 Å². The number of rotatable bonds is 2. The first-order valence-electron chi connectivity index (χ1n) is 3.89. The number of halogens is 4. The second-order valence-electron chi connectivity index (χ2n) is 2.87. The van der Waals surface area contributed by atoms with Gasteiger partial charge in [-0.2, -0.15) is 0 Å². The number of benzene rings is 1. The minimum absolute atomic E-state index is 0.113. The van der Waals surface area contributed by atoms with Gasteiger partial charge in [0.15, 0.2) is 5.78 Å². The molecular formula is C9H4I4O3. The van der Waals surface area contributed by atoms with Crippen molar-refractivity contribution in [2.24, 2.45) is 0 Å². The van der Waals surface area contributed by atoms with Crippen molar-refractivity contribution in [2.45, 2.75) is 6.92 Å². The molecule has 0 aliphatic rings. The number of carboxylic acid groups (broad SMARTS) is 1. The average molecular weight is 668 g/mol. The predicted molar refractivity (Wildman–Crippen MR) is 94.3 cm³/mol. The van der Waals surface area contributed by atoms with Gasteiger partial charge in [0.2, 0.25) is 0 Å². The molecule has 0 fully saturated rings. The first kappa shape index (κ1) is 15.3. The summed E-state index contributed by atoms with van der Waals surface area (Å²) in [5, 5.41) is 9.17. The van der Waals surface area contributed by atoms with Crippen molar-refractivity contribution in [3.8, 4) is 0 Å². The lowest BCUT2D eigenvalue weighted by Gasteiger charge is -2.12. The third-order valence-corrected chi connectivity index (χ3v) is 9.24. The number of hydrogen-bond acceptors (Lipinski definition) is 2. The molecule has 16 heavy (non-hydrogen) atoms. The fourth-order valence-electron chi connectivity index (χ4n) is 1.16. The second kappa shape index (κ2) is 5.95. The van der Waals surface area contributed by atoms with E-state index in [0.717, 1.165) is 7.14 Å². The van der Waals surface area contributed by atoms with Crippen LogP contribution in [0.2, 0.25) is 0 Å². The molecule has 0 bridgehead atoms. The van der Waals surface area contributed by atoms with Crippen molar-refractivity contribution < 1.29 is 14.7 Å². The molecule has 0 aliphatic heterocycles. The first-order valence-corrected chi connectivity index (χ1v) is 8.20. The van der Waals surface area contributed by atoms with Crippen molar-refractivity contribution in [3.05, 3.63) is 25.4 Å². The highest BCUT2D eigenvalue weighted by molar-refractivity contribution is 14.1. The van der Waals surface area contributed by atoms with E-state index in [1.807, 2.05) is 45.2 Å². The van der Waals surface area contributed by atoms with E-state index in [9.17, 15) is 9.59 Å². The van der Waals surface area contributed by atoms with Crippen LogP contribution in [0.15, 0.2) is 0 Å². The van der Waals surface area contributed by atoms with E-state index >= 15 is 0 Å². The quantitative estimate of drug-likeness (QED) is 0.225. The zero-order valence-corrected chi connectivity index (χ0v) is 16.4. The maximum Gasteiger partial charge on any atom is 0.337 e. The standard InChI is InChI=1S/C9H4I4O3/c1-2(14)3-4(9(15)16)6(11)8(13)7(12)5(3)10/h1H3,(H,15,16). The Morgan fingerprint density at radius 1 is 0.875 bits per heavy atom. The molecule has 0 radical (unpaired) electrons. The van der Waals surface area contributed by atoms with Crippen LogP contribution in [0.3, 0.4) is 0 Å². The van der Waals surface area contributed by atoms with E-state index in [4.69, 9.17) is 5.11 Å². The summed E-state index contributed by atoms with van der Waals surface area (Å²) in [6, 6.07) is 0. The number of hydrogen-bond donors (Lipinski definition) is 1. The lowest BCUT2D eigenvalue weighted by atomic mass is 10.0. The number of aromatic carboxylic acids is 1. The van der Waals surface area contributed by atoms with Crippen LogP contribution in [0, 0.1) is 14.3 Å². The maximum atomic E-state index is 11.5. The summed E-state index contributed by atoms with van der Waals surface area (Å²) in [6.45, 7) is 1.39. The van der Waals surface area contributed by atoms with Crippen LogP contribution in [0.4, 0.5) is 0 Å². The molecule has 0 spiro atoms. The highest BCUT2D eigenvalue weighted by Crippen LogP contribution is 2.33. The van der Waals surface area contributed by atoms with E-state index in [2.05, 4.69) is 45.2 Å². The second-order valence-corrected chi connectivity index (χ2v) is 7.18. The van der Waals surface area contributed by atoms with Gasteiger partial charge in [0.25, 0.3) is 0 Å². The van der Waals surface area contributed by atoms with Gasteiger partial charge in [-0.1, -0.05) is 0 Å². The maximum absolute atomic E-state index is 11.5. The van der Waals surface area contributed by atoms with Gasteiger partial charge in [-0.15, -0.1) is 0 Å². The Hall–Kier alpha value is 1.28. The van der Waals surface area contributed by atoms with Crippen LogP contribution < -0.4 is 0 Å². The minimum Gasteiger partial charge on any atom is -0.478 e. The molecule has 0 saturated heterocycles. The molecule has 0 aliphatic carbocycles. The Kier molecular flexibility index (Phi) is 5.70. The highest BCUT2D eigenvalue weighted by Gasteiger charge is 2.25. The molecule has 1 aromatic rings. The van der Waals surface area contributed by atoms with Gasteiger partial charge >= 0.3 is 5.97 Å². The fraction of sp³-hybridized carbons (Fsp3) is 0.111. The Morgan fingerprint density at radius 2 is 1.25 bits per heavy atom. The number of ketones is 1. The normalized spacial score (nSPS) is 10.3. The van der Waals surface area contributed by atoms with Gasteiger partial charge in [0.05, 0.1) is 5.56 Å². The van der Waals surface area contributed by atoms with E-state index in [1.54, 1.807) is 0 Å². The molecule has 0 saturated carbocycles. The van der Waals surface area contributed by atoms with Crippen molar-refractivity contribution in [2.75, 3.05) is 0 Å². The number of carbonyl (C=O) groups excluding carboxylic acids is 1. The lowest BCUT2D eigenvalue weighted by Crippen LogP contribution is -2.14. The van der Waals surface area contributed by atoms with Crippen molar-refractivity contribution in [1.29, 1.82) is 0 Å². The molecule has 0 unspecified atom stereocenters. The Labute approximate surface area is 147 Å². The zero-order chi connectivity index (χ0) is 12.6. The number of carbonyl (C=O) groups is 2. The van der Waals surface area contributed by atoms with Crippen LogP contribution in [-0.2, 0) is 0 Å². The van der Waals surface area contributed by atoms with Crippen LogP contribution in [0.1, 0.15) is 27.6 Å². The first-order chi connectivity index (χ1) is 7.29. The summed E-state index contributed by atoms with van der Waals surface area (Å²) in [7, 11) is 0. The zero-order valence-electron chi connectivity index (χ0n) is 7.78. The van der Waals surface area contributed by atoms with Crippen molar-refractivity contribution in [3.63, 3.8) is 0 Å². The van der Waals surface area contributed by atoms with Gasteiger partial charge in [-0.05, 0) is 97.3 Å². The van der Waals surface area contributed by atoms with Gasteiger partial charge in [-0.25, -0.2) is 4.79 Å². The summed E-state index contributed by atoms with van der Waals surface area (Å²) < 4.78 is 3.15.